The molecule has 34 heavy (non-hydrogen) atoms. The van der Waals surface area contributed by atoms with Gasteiger partial charge < -0.3 is 21.4 Å². The van der Waals surface area contributed by atoms with Gasteiger partial charge in [0.05, 0.1) is 22.6 Å². The summed E-state index contributed by atoms with van der Waals surface area (Å²) in [6, 6.07) is 12.4. The van der Waals surface area contributed by atoms with Crippen LogP contribution in [-0.4, -0.2) is 41.0 Å². The van der Waals surface area contributed by atoms with Crippen molar-refractivity contribution in [3.8, 4) is 0 Å². The second-order valence-corrected chi connectivity index (χ2v) is 10.6. The molecule has 1 atom stereocenters. The molecule has 2 aromatic carbocycles. The summed E-state index contributed by atoms with van der Waals surface area (Å²) in [7, 11) is 0. The number of fused-ring (bicyclic) bond motifs is 1. The first kappa shape index (κ1) is 22.5. The molecule has 1 aliphatic carbocycles. The standard InChI is InChI=1S/C28H36N6/c1-28(2,3)21-10-8-20(9-11-21)27-31-24-5-4-6-25(26(24)32-27)34-15-13-33(14-16-34)18-19-7-12-22(29)23(30)17-19/h4-8,10-12,17,20H,9,13-16,18,29-30H2,1-3H3,(H,31,32). The number of piperazine rings is 1. The Balaban J connectivity index is 1.28. The van der Waals surface area contributed by atoms with Gasteiger partial charge in [-0.15, -0.1) is 0 Å². The first-order valence-corrected chi connectivity index (χ1v) is 12.3. The average molecular weight is 457 g/mol. The van der Waals surface area contributed by atoms with Crippen molar-refractivity contribution in [3.05, 3.63) is 71.6 Å². The molecule has 0 saturated carbocycles. The highest BCUT2D eigenvalue weighted by molar-refractivity contribution is 5.89. The number of hydrogen-bond donors (Lipinski definition) is 3. The van der Waals surface area contributed by atoms with Crippen molar-refractivity contribution >= 4 is 28.1 Å². The van der Waals surface area contributed by atoms with E-state index in [0.29, 0.717) is 17.3 Å². The summed E-state index contributed by atoms with van der Waals surface area (Å²) in [6.07, 6.45) is 7.94. The summed E-state index contributed by atoms with van der Waals surface area (Å²) >= 11 is 0. The molecule has 3 aromatic rings. The Morgan fingerprint density at radius 1 is 1.03 bits per heavy atom. The first-order valence-electron chi connectivity index (χ1n) is 12.3. The predicted molar refractivity (Wildman–Crippen MR) is 143 cm³/mol. The molecule has 6 nitrogen and oxygen atoms in total. The SMILES string of the molecule is CC(C)(C)C1=CCC(c2nc3c(N4CCN(Cc5ccc(N)c(N)c5)CC4)cccc3[nH]2)C=C1. The molecule has 178 valence electrons. The van der Waals surface area contributed by atoms with Crippen molar-refractivity contribution in [1.82, 2.24) is 14.9 Å². The lowest BCUT2D eigenvalue weighted by Crippen LogP contribution is -2.46. The number of H-pyrrole nitrogens is 1. The molecule has 2 heterocycles. The Morgan fingerprint density at radius 3 is 2.50 bits per heavy atom. The highest BCUT2D eigenvalue weighted by Gasteiger charge is 2.23. The van der Waals surface area contributed by atoms with Gasteiger partial charge in [0.1, 0.15) is 11.3 Å². The van der Waals surface area contributed by atoms with E-state index in [0.717, 1.165) is 56.0 Å². The third-order valence-electron chi connectivity index (χ3n) is 7.10. The van der Waals surface area contributed by atoms with Crippen molar-refractivity contribution in [2.24, 2.45) is 5.41 Å². The normalized spacial score (nSPS) is 19.6. The van der Waals surface area contributed by atoms with Crippen LogP contribution in [0.1, 0.15) is 44.5 Å². The molecular formula is C28H36N6. The summed E-state index contributed by atoms with van der Waals surface area (Å²) in [5, 5.41) is 0. The maximum Gasteiger partial charge on any atom is 0.114 e. The van der Waals surface area contributed by atoms with E-state index >= 15 is 0 Å². The van der Waals surface area contributed by atoms with E-state index in [4.69, 9.17) is 16.5 Å². The van der Waals surface area contributed by atoms with Gasteiger partial charge in [-0.2, -0.15) is 0 Å². The minimum absolute atomic E-state index is 0.186. The number of anilines is 3. The number of benzene rings is 2. The number of rotatable bonds is 4. The number of nitrogens with two attached hydrogens (primary N) is 2. The molecule has 0 radical (unpaired) electrons. The zero-order chi connectivity index (χ0) is 23.9. The van der Waals surface area contributed by atoms with E-state index < -0.39 is 0 Å². The maximum absolute atomic E-state index is 5.99. The molecule has 1 aliphatic heterocycles. The van der Waals surface area contributed by atoms with Crippen LogP contribution in [0.5, 0.6) is 0 Å². The first-order chi connectivity index (χ1) is 16.3. The Hall–Kier alpha value is -3.25. The molecule has 0 amide bonds. The number of nitrogens with zero attached hydrogens (tertiary/aromatic N) is 3. The Labute approximate surface area is 202 Å². The zero-order valence-electron chi connectivity index (χ0n) is 20.5. The number of imidazole rings is 1. The summed E-state index contributed by atoms with van der Waals surface area (Å²) in [5.74, 6) is 1.36. The fourth-order valence-electron chi connectivity index (χ4n) is 4.97. The molecule has 2 aliphatic rings. The van der Waals surface area contributed by atoms with Crippen LogP contribution < -0.4 is 16.4 Å². The summed E-state index contributed by atoms with van der Waals surface area (Å²) < 4.78 is 0. The van der Waals surface area contributed by atoms with E-state index in [9.17, 15) is 0 Å². The van der Waals surface area contributed by atoms with Gasteiger partial charge in [0, 0.05) is 38.6 Å². The lowest BCUT2D eigenvalue weighted by Gasteiger charge is -2.36. The number of nitrogens with one attached hydrogen (secondary N) is 1. The number of aromatic amines is 1. The van der Waals surface area contributed by atoms with Crippen molar-refractivity contribution in [3.63, 3.8) is 0 Å². The van der Waals surface area contributed by atoms with Crippen molar-refractivity contribution < 1.29 is 0 Å². The molecular weight excluding hydrogens is 420 g/mol. The van der Waals surface area contributed by atoms with Crippen LogP contribution >= 0.6 is 0 Å². The minimum Gasteiger partial charge on any atom is -0.397 e. The topological polar surface area (TPSA) is 87.2 Å². The van der Waals surface area contributed by atoms with E-state index in [1.165, 1.54) is 16.8 Å². The van der Waals surface area contributed by atoms with Gasteiger partial charge in [-0.1, -0.05) is 51.1 Å². The predicted octanol–water partition coefficient (Wildman–Crippen LogP) is 5.07. The van der Waals surface area contributed by atoms with Crippen LogP contribution in [0.15, 0.2) is 60.2 Å². The van der Waals surface area contributed by atoms with Gasteiger partial charge in [0.15, 0.2) is 0 Å². The van der Waals surface area contributed by atoms with Gasteiger partial charge >= 0.3 is 0 Å². The highest BCUT2D eigenvalue weighted by Crippen LogP contribution is 2.35. The Morgan fingerprint density at radius 2 is 1.82 bits per heavy atom. The fourth-order valence-corrected chi connectivity index (χ4v) is 4.97. The lowest BCUT2D eigenvalue weighted by atomic mass is 9.81. The van der Waals surface area contributed by atoms with Crippen molar-refractivity contribution in [2.75, 3.05) is 42.5 Å². The number of hydrogen-bond acceptors (Lipinski definition) is 5. The molecule has 0 bridgehead atoms. The molecule has 5 N–H and O–H groups in total. The molecule has 1 saturated heterocycles. The number of para-hydroxylation sites is 1. The molecule has 1 unspecified atom stereocenters. The number of allylic oxidation sites excluding steroid dienone is 4. The van der Waals surface area contributed by atoms with E-state index in [1.54, 1.807) is 0 Å². The molecule has 0 spiro atoms. The molecule has 6 heteroatoms. The van der Waals surface area contributed by atoms with Crippen LogP contribution in [0.4, 0.5) is 17.1 Å². The smallest absolute Gasteiger partial charge is 0.114 e. The van der Waals surface area contributed by atoms with Gasteiger partial charge in [0.25, 0.3) is 0 Å². The van der Waals surface area contributed by atoms with Gasteiger partial charge in [-0.3, -0.25) is 4.90 Å². The monoisotopic (exact) mass is 456 g/mol. The van der Waals surface area contributed by atoms with Crippen molar-refractivity contribution in [2.45, 2.75) is 39.7 Å². The third kappa shape index (κ3) is 4.55. The van der Waals surface area contributed by atoms with Gasteiger partial charge in [-0.05, 0) is 47.2 Å². The third-order valence-corrected chi connectivity index (χ3v) is 7.10. The van der Waals surface area contributed by atoms with Gasteiger partial charge in [-0.25, -0.2) is 4.98 Å². The Bertz CT molecular complexity index is 1240. The molecule has 1 fully saturated rings. The number of aromatic nitrogens is 2. The van der Waals surface area contributed by atoms with E-state index in [-0.39, 0.29) is 5.41 Å². The van der Waals surface area contributed by atoms with E-state index in [2.05, 4.69) is 78.0 Å². The molecule has 1 aromatic heterocycles. The maximum atomic E-state index is 5.99. The Kier molecular flexibility index (Phi) is 5.86. The van der Waals surface area contributed by atoms with Gasteiger partial charge in [0.2, 0.25) is 0 Å². The van der Waals surface area contributed by atoms with Crippen LogP contribution in [0.3, 0.4) is 0 Å². The van der Waals surface area contributed by atoms with E-state index in [1.807, 2.05) is 12.1 Å². The number of nitrogen functional groups attached to an aromatic ring is 2. The summed E-state index contributed by atoms with van der Waals surface area (Å²) in [5.41, 5.74) is 19.4. The average Bonchev–Trinajstić information content (AvgIpc) is 3.26. The van der Waals surface area contributed by atoms with Crippen molar-refractivity contribution in [1.29, 1.82) is 0 Å². The van der Waals surface area contributed by atoms with Crippen LogP contribution in [-0.2, 0) is 6.54 Å². The summed E-state index contributed by atoms with van der Waals surface area (Å²) in [4.78, 5) is 13.6. The lowest BCUT2D eigenvalue weighted by molar-refractivity contribution is 0.250. The highest BCUT2D eigenvalue weighted by atomic mass is 15.3. The van der Waals surface area contributed by atoms with Crippen LogP contribution in [0, 0.1) is 5.41 Å². The van der Waals surface area contributed by atoms with Crippen LogP contribution in [0.25, 0.3) is 11.0 Å². The minimum atomic E-state index is 0.186. The second-order valence-electron chi connectivity index (χ2n) is 10.6. The quantitative estimate of drug-likeness (QED) is 0.477. The van der Waals surface area contributed by atoms with Crippen LogP contribution in [0.2, 0.25) is 0 Å². The molecule has 5 rings (SSSR count). The fraction of sp³-hybridized carbons (Fsp3) is 0.393. The summed E-state index contributed by atoms with van der Waals surface area (Å²) in [6.45, 7) is 11.7. The largest absolute Gasteiger partial charge is 0.397 e. The second kappa shape index (κ2) is 8.84. The zero-order valence-corrected chi connectivity index (χ0v) is 20.5.